The predicted octanol–water partition coefficient (Wildman–Crippen LogP) is 5.07. The fourth-order valence-electron chi connectivity index (χ4n) is 4.56. The Bertz CT molecular complexity index is 615. The molecule has 2 aliphatic rings. The lowest BCUT2D eigenvalue weighted by atomic mass is 9.77. The van der Waals surface area contributed by atoms with Crippen LogP contribution in [-0.4, -0.2) is 37.2 Å². The van der Waals surface area contributed by atoms with Crippen LogP contribution in [0.3, 0.4) is 0 Å². The fraction of sp³-hybridized carbons (Fsp3) is 0.700. The largest absolute Gasteiger partial charge is 0.403 e. The van der Waals surface area contributed by atoms with E-state index < -0.39 is 14.4 Å². The molecule has 1 aromatic rings. The van der Waals surface area contributed by atoms with E-state index in [-0.39, 0.29) is 17.9 Å². The standard InChI is InChI=1S/C20H31NO3SSi/c1-4-26(5-2,6-3)24-18-17(15-11-8-7-9-12-15)21(20(18)23)19(22)16-13-10-14-25-16/h10,13-15,17-18H,4-9,11-12H2,1-3H3/t17-,18+/m0/s1. The van der Waals surface area contributed by atoms with Crippen LogP contribution in [0.4, 0.5) is 0 Å². The summed E-state index contributed by atoms with van der Waals surface area (Å²) in [5.74, 6) is 0.163. The number of carbonyl (C=O) groups excluding carboxylic acids is 2. The van der Waals surface area contributed by atoms with Gasteiger partial charge in [-0.3, -0.25) is 14.5 Å². The van der Waals surface area contributed by atoms with Gasteiger partial charge in [0.05, 0.1) is 10.9 Å². The highest BCUT2D eigenvalue weighted by molar-refractivity contribution is 7.12. The third kappa shape index (κ3) is 3.56. The third-order valence-corrected chi connectivity index (χ3v) is 12.0. The lowest BCUT2D eigenvalue weighted by Gasteiger charge is -2.52. The predicted molar refractivity (Wildman–Crippen MR) is 108 cm³/mol. The third-order valence-electron chi connectivity index (χ3n) is 6.48. The van der Waals surface area contributed by atoms with Gasteiger partial charge >= 0.3 is 0 Å². The summed E-state index contributed by atoms with van der Waals surface area (Å²) in [7, 11) is -1.88. The van der Waals surface area contributed by atoms with Crippen LogP contribution in [0.15, 0.2) is 17.5 Å². The van der Waals surface area contributed by atoms with E-state index in [0.717, 1.165) is 31.0 Å². The van der Waals surface area contributed by atoms with Gasteiger partial charge in [0.25, 0.3) is 11.8 Å². The fourth-order valence-corrected chi connectivity index (χ4v) is 8.00. The van der Waals surface area contributed by atoms with Crippen LogP contribution in [0, 0.1) is 5.92 Å². The highest BCUT2D eigenvalue weighted by Crippen LogP contribution is 2.40. The molecule has 1 aromatic heterocycles. The SMILES string of the molecule is CC[Si](CC)(CC)O[C@H]1C(=O)N(C(=O)c2cccs2)[C@H]1C1CCCCC1. The highest BCUT2D eigenvalue weighted by atomic mass is 32.1. The van der Waals surface area contributed by atoms with Gasteiger partial charge in [-0.15, -0.1) is 11.3 Å². The van der Waals surface area contributed by atoms with Crippen LogP contribution in [0.25, 0.3) is 0 Å². The number of amides is 2. The summed E-state index contributed by atoms with van der Waals surface area (Å²) in [6.45, 7) is 6.56. The summed E-state index contributed by atoms with van der Waals surface area (Å²) in [6.07, 6.45) is 5.46. The van der Waals surface area contributed by atoms with Crippen molar-refractivity contribution in [1.82, 2.24) is 4.90 Å². The number of imide groups is 1. The summed E-state index contributed by atoms with van der Waals surface area (Å²) in [6, 6.07) is 6.71. The molecule has 2 atom stereocenters. The molecule has 2 amide bonds. The van der Waals surface area contributed by atoms with E-state index in [2.05, 4.69) is 20.8 Å². The van der Waals surface area contributed by atoms with Gasteiger partial charge in [-0.1, -0.05) is 46.1 Å². The summed E-state index contributed by atoms with van der Waals surface area (Å²) < 4.78 is 6.60. The van der Waals surface area contributed by atoms with Crippen molar-refractivity contribution in [3.05, 3.63) is 22.4 Å². The van der Waals surface area contributed by atoms with Crippen LogP contribution in [0.2, 0.25) is 18.1 Å². The number of hydrogen-bond donors (Lipinski definition) is 0. The molecular weight excluding hydrogens is 362 g/mol. The molecule has 1 aliphatic heterocycles. The summed E-state index contributed by atoms with van der Waals surface area (Å²) >= 11 is 1.41. The average molecular weight is 394 g/mol. The van der Waals surface area contributed by atoms with E-state index in [9.17, 15) is 9.59 Å². The van der Waals surface area contributed by atoms with E-state index in [0.29, 0.717) is 10.8 Å². The minimum Gasteiger partial charge on any atom is -0.403 e. The van der Waals surface area contributed by atoms with Gasteiger partial charge in [0.2, 0.25) is 0 Å². The quantitative estimate of drug-likeness (QED) is 0.369. The summed E-state index contributed by atoms with van der Waals surface area (Å²) in [4.78, 5) is 28.1. The molecule has 2 fully saturated rings. The molecule has 26 heavy (non-hydrogen) atoms. The van der Waals surface area contributed by atoms with Crippen molar-refractivity contribution in [2.24, 2.45) is 5.92 Å². The van der Waals surface area contributed by atoms with Gasteiger partial charge in [-0.05, 0) is 48.3 Å². The first-order chi connectivity index (χ1) is 12.6. The number of likely N-dealkylation sites (tertiary alicyclic amines) is 1. The van der Waals surface area contributed by atoms with Crippen molar-refractivity contribution in [3.63, 3.8) is 0 Å². The van der Waals surface area contributed by atoms with Crippen LogP contribution in [0.5, 0.6) is 0 Å². The van der Waals surface area contributed by atoms with E-state index >= 15 is 0 Å². The minimum absolute atomic E-state index is 0.0612. The Labute approximate surface area is 162 Å². The second-order valence-electron chi connectivity index (χ2n) is 7.66. The molecule has 0 N–H and O–H groups in total. The van der Waals surface area contributed by atoms with Gasteiger partial charge < -0.3 is 4.43 Å². The minimum atomic E-state index is -1.88. The molecule has 144 valence electrons. The van der Waals surface area contributed by atoms with Gasteiger partial charge in [-0.25, -0.2) is 0 Å². The van der Waals surface area contributed by atoms with Crippen LogP contribution in [-0.2, 0) is 9.22 Å². The van der Waals surface area contributed by atoms with E-state index in [1.165, 1.54) is 35.5 Å². The molecule has 0 aromatic carbocycles. The van der Waals surface area contributed by atoms with Crippen molar-refractivity contribution in [3.8, 4) is 0 Å². The Morgan fingerprint density at radius 2 is 1.85 bits per heavy atom. The second-order valence-corrected chi connectivity index (χ2v) is 13.3. The first-order valence-electron chi connectivity index (χ1n) is 10.2. The van der Waals surface area contributed by atoms with Gasteiger partial charge in [-0.2, -0.15) is 0 Å². The maximum Gasteiger partial charge on any atom is 0.270 e. The van der Waals surface area contributed by atoms with Crippen LogP contribution < -0.4 is 0 Å². The van der Waals surface area contributed by atoms with Crippen molar-refractivity contribution in [2.45, 2.75) is 83.2 Å². The Morgan fingerprint density at radius 1 is 1.19 bits per heavy atom. The van der Waals surface area contributed by atoms with Crippen molar-refractivity contribution >= 4 is 31.5 Å². The first kappa shape index (κ1) is 19.8. The zero-order chi connectivity index (χ0) is 18.7. The maximum absolute atomic E-state index is 13.0. The molecule has 6 heteroatoms. The van der Waals surface area contributed by atoms with Crippen LogP contribution >= 0.6 is 11.3 Å². The van der Waals surface area contributed by atoms with E-state index in [4.69, 9.17) is 4.43 Å². The molecule has 4 nitrogen and oxygen atoms in total. The zero-order valence-corrected chi connectivity index (χ0v) is 18.0. The van der Waals surface area contributed by atoms with Crippen molar-refractivity contribution in [2.75, 3.05) is 0 Å². The number of nitrogens with zero attached hydrogens (tertiary/aromatic N) is 1. The topological polar surface area (TPSA) is 46.6 Å². The Kier molecular flexibility index (Phi) is 6.36. The second kappa shape index (κ2) is 8.36. The van der Waals surface area contributed by atoms with Gasteiger partial charge in [0.1, 0.15) is 6.10 Å². The molecule has 0 spiro atoms. The molecule has 1 saturated heterocycles. The highest BCUT2D eigenvalue weighted by Gasteiger charge is 2.56. The molecule has 2 heterocycles. The normalized spacial score (nSPS) is 24.6. The average Bonchev–Trinajstić information content (AvgIpc) is 3.22. The van der Waals surface area contributed by atoms with Crippen LogP contribution in [0.1, 0.15) is 62.5 Å². The summed E-state index contributed by atoms with van der Waals surface area (Å²) in [5, 5.41) is 1.89. The maximum atomic E-state index is 13.0. The number of carbonyl (C=O) groups is 2. The zero-order valence-electron chi connectivity index (χ0n) is 16.2. The molecule has 1 saturated carbocycles. The van der Waals surface area contributed by atoms with E-state index in [1.807, 2.05) is 17.5 Å². The monoisotopic (exact) mass is 393 g/mol. The lowest BCUT2D eigenvalue weighted by Crippen LogP contribution is -2.71. The smallest absolute Gasteiger partial charge is 0.270 e. The number of rotatable bonds is 7. The lowest BCUT2D eigenvalue weighted by molar-refractivity contribution is -0.163. The van der Waals surface area contributed by atoms with Gasteiger partial charge in [0.15, 0.2) is 8.32 Å². The Morgan fingerprint density at radius 3 is 2.38 bits per heavy atom. The first-order valence-corrected chi connectivity index (χ1v) is 13.6. The number of thiophene rings is 1. The van der Waals surface area contributed by atoms with Crippen molar-refractivity contribution in [1.29, 1.82) is 0 Å². The molecular formula is C20H31NO3SSi. The molecule has 0 radical (unpaired) electrons. The summed E-state index contributed by atoms with van der Waals surface area (Å²) in [5.41, 5.74) is 0. The Hall–Kier alpha value is -0.983. The van der Waals surface area contributed by atoms with E-state index in [1.54, 1.807) is 0 Å². The molecule has 0 unspecified atom stereocenters. The molecule has 1 aliphatic carbocycles. The molecule has 3 rings (SSSR count). The van der Waals surface area contributed by atoms with Crippen molar-refractivity contribution < 1.29 is 14.0 Å². The Balaban J connectivity index is 1.84. The number of hydrogen-bond acceptors (Lipinski definition) is 4. The van der Waals surface area contributed by atoms with Gasteiger partial charge in [0, 0.05) is 0 Å². The molecule has 0 bridgehead atoms. The number of β-lactam (4-membered cyclic amide) rings is 1.